The summed E-state index contributed by atoms with van der Waals surface area (Å²) in [6, 6.07) is 5.26. The molecule has 0 amide bonds. The number of phenolic OH excluding ortho intramolecular Hbond substituents is 1. The molecular weight excluding hydrogens is 504 g/mol. The molecule has 8 N–H and O–H groups in total. The topological polar surface area (TPSA) is 260 Å². The van der Waals surface area contributed by atoms with Crippen molar-refractivity contribution < 1.29 is 44.0 Å². The van der Waals surface area contributed by atoms with Crippen LogP contribution in [0, 0.1) is 0 Å². The number of anilines is 2. The standard InChI is InChI=1S/C16H14N4O10S3/c17-8-1-2-10(12(5-8)32(25,26)27)19-20-16-14-7(4-13(15(16)18)33(28,29)30)3-9(6-11(14)21)31(22,23)24/h1-6,21H,17-18H2,(H,22,23,24)(H,25,26,27)(H,28,29,30)/b20-19+. The number of rotatable bonds is 5. The van der Waals surface area contributed by atoms with Crippen molar-refractivity contribution >= 4 is 63.9 Å². The summed E-state index contributed by atoms with van der Waals surface area (Å²) in [4.78, 5) is -2.50. The first-order valence-corrected chi connectivity index (χ1v) is 12.6. The van der Waals surface area contributed by atoms with Gasteiger partial charge in [-0.3, -0.25) is 13.7 Å². The molecule has 0 aliphatic heterocycles. The van der Waals surface area contributed by atoms with Gasteiger partial charge in [0.15, 0.2) is 0 Å². The molecule has 0 heterocycles. The number of nitrogens with two attached hydrogens (primary N) is 2. The third-order valence-electron chi connectivity index (χ3n) is 4.26. The van der Waals surface area contributed by atoms with Gasteiger partial charge in [0, 0.05) is 11.8 Å². The van der Waals surface area contributed by atoms with Crippen LogP contribution in [0.5, 0.6) is 5.75 Å². The molecule has 33 heavy (non-hydrogen) atoms. The van der Waals surface area contributed by atoms with E-state index in [0.717, 1.165) is 24.3 Å². The van der Waals surface area contributed by atoms with Crippen molar-refractivity contribution in [1.29, 1.82) is 0 Å². The van der Waals surface area contributed by atoms with Gasteiger partial charge < -0.3 is 16.6 Å². The van der Waals surface area contributed by atoms with E-state index in [4.69, 9.17) is 11.5 Å². The zero-order valence-corrected chi connectivity index (χ0v) is 18.4. The van der Waals surface area contributed by atoms with Gasteiger partial charge in [-0.1, -0.05) is 0 Å². The van der Waals surface area contributed by atoms with Crippen LogP contribution in [0.3, 0.4) is 0 Å². The van der Waals surface area contributed by atoms with E-state index in [-0.39, 0.29) is 16.5 Å². The highest BCUT2D eigenvalue weighted by Gasteiger charge is 2.24. The van der Waals surface area contributed by atoms with Crippen molar-refractivity contribution in [2.24, 2.45) is 10.2 Å². The van der Waals surface area contributed by atoms with Crippen molar-refractivity contribution in [3.63, 3.8) is 0 Å². The molecule has 0 bridgehead atoms. The molecule has 0 saturated heterocycles. The van der Waals surface area contributed by atoms with E-state index in [1.807, 2.05) is 0 Å². The SMILES string of the molecule is Nc1ccc(/N=N/c2c(N)c(S(=O)(=O)O)cc3cc(S(=O)(=O)O)cc(O)c23)c(S(=O)(=O)O)c1. The number of phenols is 1. The number of benzene rings is 3. The summed E-state index contributed by atoms with van der Waals surface area (Å²) in [5, 5.41) is 16.9. The van der Waals surface area contributed by atoms with E-state index in [2.05, 4.69) is 10.2 Å². The summed E-state index contributed by atoms with van der Waals surface area (Å²) < 4.78 is 97.7. The summed E-state index contributed by atoms with van der Waals surface area (Å²) in [5.74, 6) is -0.824. The van der Waals surface area contributed by atoms with Gasteiger partial charge >= 0.3 is 0 Å². The van der Waals surface area contributed by atoms with Crippen molar-refractivity contribution in [3.05, 3.63) is 36.4 Å². The predicted octanol–water partition coefficient (Wildman–Crippen LogP) is 1.87. The van der Waals surface area contributed by atoms with Gasteiger partial charge in [-0.05, 0) is 35.7 Å². The molecule has 14 nitrogen and oxygen atoms in total. The number of hydrogen-bond acceptors (Lipinski definition) is 11. The number of aromatic hydroxyl groups is 1. The fraction of sp³-hybridized carbons (Fsp3) is 0. The quantitative estimate of drug-likeness (QED) is 0.161. The van der Waals surface area contributed by atoms with Crippen LogP contribution in [0.2, 0.25) is 0 Å². The maximum absolute atomic E-state index is 11.8. The van der Waals surface area contributed by atoms with E-state index in [0.29, 0.717) is 6.07 Å². The Hall–Kier alpha value is -3.35. The molecule has 176 valence electrons. The summed E-state index contributed by atoms with van der Waals surface area (Å²) in [5.41, 5.74) is 9.46. The molecule has 17 heteroatoms. The Balaban J connectivity index is 2.41. The van der Waals surface area contributed by atoms with Crippen LogP contribution in [0.4, 0.5) is 22.7 Å². The van der Waals surface area contributed by atoms with Crippen LogP contribution in [0.25, 0.3) is 10.8 Å². The summed E-state index contributed by atoms with van der Waals surface area (Å²) >= 11 is 0. The Bertz CT molecular complexity index is 1660. The summed E-state index contributed by atoms with van der Waals surface area (Å²) in [6.07, 6.45) is 0. The molecule has 0 aromatic heterocycles. The van der Waals surface area contributed by atoms with Gasteiger partial charge in [-0.25, -0.2) is 0 Å². The highest BCUT2D eigenvalue weighted by atomic mass is 32.2. The Labute approximate surface area is 186 Å². The van der Waals surface area contributed by atoms with Gasteiger partial charge in [-0.15, -0.1) is 10.2 Å². The van der Waals surface area contributed by atoms with Gasteiger partial charge in [-0.2, -0.15) is 25.3 Å². The van der Waals surface area contributed by atoms with Crippen LogP contribution in [0.15, 0.2) is 61.3 Å². The molecule has 0 unspecified atom stereocenters. The lowest BCUT2D eigenvalue weighted by atomic mass is 10.1. The molecule has 0 aliphatic rings. The van der Waals surface area contributed by atoms with E-state index >= 15 is 0 Å². The largest absolute Gasteiger partial charge is 0.507 e. The molecule has 0 fully saturated rings. The summed E-state index contributed by atoms with van der Waals surface area (Å²) in [6.45, 7) is 0. The lowest BCUT2D eigenvalue weighted by Gasteiger charge is -2.12. The smallest absolute Gasteiger partial charge is 0.296 e. The monoisotopic (exact) mass is 518 g/mol. The second-order valence-corrected chi connectivity index (χ2v) is 10.7. The maximum atomic E-state index is 11.8. The Morgan fingerprint density at radius 3 is 1.88 bits per heavy atom. The third-order valence-corrected chi connectivity index (χ3v) is 6.87. The molecule has 0 saturated carbocycles. The van der Waals surface area contributed by atoms with Crippen LogP contribution >= 0.6 is 0 Å². The number of hydrogen-bond donors (Lipinski definition) is 6. The number of nitrogen functional groups attached to an aromatic ring is 2. The molecular formula is C16H14N4O10S3. The Morgan fingerprint density at radius 2 is 1.33 bits per heavy atom. The molecule has 3 aromatic rings. The zero-order chi connectivity index (χ0) is 24.9. The first-order chi connectivity index (χ1) is 15.0. The first-order valence-electron chi connectivity index (χ1n) is 8.33. The number of nitrogens with zero attached hydrogens (tertiary/aromatic N) is 2. The lowest BCUT2D eigenvalue weighted by molar-refractivity contribution is 0.471. The molecule has 0 radical (unpaired) electrons. The molecule has 0 spiro atoms. The number of azo groups is 1. The highest BCUT2D eigenvalue weighted by molar-refractivity contribution is 7.86. The first kappa shape index (κ1) is 24.3. The van der Waals surface area contributed by atoms with Gasteiger partial charge in [0.05, 0.1) is 16.0 Å². The average Bonchev–Trinajstić information content (AvgIpc) is 2.65. The molecule has 0 aliphatic carbocycles. The average molecular weight is 519 g/mol. The second kappa shape index (κ2) is 7.90. The summed E-state index contributed by atoms with van der Waals surface area (Å²) in [7, 11) is -14.7. The third kappa shape index (κ3) is 4.87. The second-order valence-electron chi connectivity index (χ2n) is 6.53. The minimum Gasteiger partial charge on any atom is -0.507 e. The van der Waals surface area contributed by atoms with Crippen LogP contribution in [-0.4, -0.2) is 44.0 Å². The Kier molecular flexibility index (Phi) is 5.82. The number of fused-ring (bicyclic) bond motifs is 1. The lowest BCUT2D eigenvalue weighted by Crippen LogP contribution is -2.04. The van der Waals surface area contributed by atoms with Gasteiger partial charge in [0.2, 0.25) is 0 Å². The fourth-order valence-corrected chi connectivity index (χ4v) is 4.70. The van der Waals surface area contributed by atoms with Crippen molar-refractivity contribution in [3.8, 4) is 5.75 Å². The minimum atomic E-state index is -5.00. The van der Waals surface area contributed by atoms with Crippen LogP contribution < -0.4 is 11.5 Å². The van der Waals surface area contributed by atoms with E-state index < -0.39 is 67.9 Å². The fourth-order valence-electron chi connectivity index (χ4n) is 2.85. The van der Waals surface area contributed by atoms with Crippen molar-refractivity contribution in [2.45, 2.75) is 14.7 Å². The highest BCUT2D eigenvalue weighted by Crippen LogP contribution is 2.44. The maximum Gasteiger partial charge on any atom is 0.296 e. The predicted molar refractivity (Wildman–Crippen MR) is 114 cm³/mol. The zero-order valence-electron chi connectivity index (χ0n) is 16.0. The normalized spacial score (nSPS) is 13.1. The molecule has 0 atom stereocenters. The van der Waals surface area contributed by atoms with Crippen LogP contribution in [0.1, 0.15) is 0 Å². The van der Waals surface area contributed by atoms with E-state index in [9.17, 15) is 44.0 Å². The van der Waals surface area contributed by atoms with Crippen molar-refractivity contribution in [1.82, 2.24) is 0 Å². The van der Waals surface area contributed by atoms with Gasteiger partial charge in [0.1, 0.15) is 26.9 Å². The van der Waals surface area contributed by atoms with Crippen molar-refractivity contribution in [2.75, 3.05) is 11.5 Å². The Morgan fingerprint density at radius 1 is 0.727 bits per heavy atom. The van der Waals surface area contributed by atoms with Crippen LogP contribution in [-0.2, 0) is 30.4 Å². The minimum absolute atomic E-state index is 0.0460. The van der Waals surface area contributed by atoms with E-state index in [1.165, 1.54) is 6.07 Å². The molecule has 3 aromatic carbocycles. The molecule has 3 rings (SSSR count). The van der Waals surface area contributed by atoms with Gasteiger partial charge in [0.25, 0.3) is 30.4 Å². The van der Waals surface area contributed by atoms with E-state index in [1.54, 1.807) is 0 Å².